The first kappa shape index (κ1) is 15.0. The molecule has 2 heterocycles. The molecule has 0 saturated heterocycles. The zero-order valence-corrected chi connectivity index (χ0v) is 12.9. The van der Waals surface area contributed by atoms with Crippen LogP contribution in [0.5, 0.6) is 0 Å². The number of aromatic nitrogens is 3. The fourth-order valence-corrected chi connectivity index (χ4v) is 3.22. The Bertz CT molecular complexity index is 854. The topological polar surface area (TPSA) is 63.8 Å². The molecule has 0 bridgehead atoms. The molecule has 0 amide bonds. The van der Waals surface area contributed by atoms with Crippen LogP contribution in [0, 0.1) is 11.6 Å². The Balaban J connectivity index is 1.79. The summed E-state index contributed by atoms with van der Waals surface area (Å²) in [5.74, 6) is -0.743. The molecule has 7 heteroatoms. The van der Waals surface area contributed by atoms with Gasteiger partial charge in [0.1, 0.15) is 34.9 Å². The molecule has 2 aromatic heterocycles. The van der Waals surface area contributed by atoms with Gasteiger partial charge in [0.15, 0.2) is 0 Å². The molecule has 1 saturated carbocycles. The van der Waals surface area contributed by atoms with Crippen molar-refractivity contribution in [3.63, 3.8) is 0 Å². The van der Waals surface area contributed by atoms with Crippen molar-refractivity contribution < 1.29 is 13.3 Å². The normalized spacial score (nSPS) is 15.8. The van der Waals surface area contributed by atoms with Gasteiger partial charge in [-0.1, -0.05) is 24.4 Å². The largest absolute Gasteiger partial charge is 0.367 e. The molecule has 124 valence electrons. The van der Waals surface area contributed by atoms with Crippen molar-refractivity contribution in [2.45, 2.75) is 38.1 Å². The zero-order chi connectivity index (χ0) is 16.5. The maximum Gasteiger partial charge on any atom is 0.263 e. The van der Waals surface area contributed by atoms with E-state index in [9.17, 15) is 8.78 Å². The lowest BCUT2D eigenvalue weighted by atomic mass is 9.95. The van der Waals surface area contributed by atoms with Gasteiger partial charge in [-0.25, -0.2) is 13.8 Å². The van der Waals surface area contributed by atoms with E-state index in [2.05, 4.69) is 20.4 Å². The summed E-state index contributed by atoms with van der Waals surface area (Å²) >= 11 is 0. The smallest absolute Gasteiger partial charge is 0.263 e. The third-order valence-electron chi connectivity index (χ3n) is 4.35. The first-order valence-corrected chi connectivity index (χ1v) is 8.04. The highest BCUT2D eigenvalue weighted by Gasteiger charge is 2.21. The SMILES string of the molecule is Fc1cc(F)cc(-c2noc3ncnc(NC4CCCCC4)c23)c1. The predicted octanol–water partition coefficient (Wildman–Crippen LogP) is 4.31. The second-order valence-electron chi connectivity index (χ2n) is 6.07. The van der Waals surface area contributed by atoms with E-state index in [0.29, 0.717) is 34.2 Å². The third kappa shape index (κ3) is 2.81. The van der Waals surface area contributed by atoms with Crippen LogP contribution in [0.4, 0.5) is 14.6 Å². The van der Waals surface area contributed by atoms with Crippen molar-refractivity contribution in [2.24, 2.45) is 0 Å². The quantitative estimate of drug-likeness (QED) is 0.775. The Labute approximate surface area is 137 Å². The van der Waals surface area contributed by atoms with Gasteiger partial charge in [0.05, 0.1) is 0 Å². The minimum Gasteiger partial charge on any atom is -0.367 e. The highest BCUT2D eigenvalue weighted by Crippen LogP contribution is 2.33. The molecule has 1 N–H and O–H groups in total. The Hall–Kier alpha value is -2.57. The number of hydrogen-bond acceptors (Lipinski definition) is 5. The van der Waals surface area contributed by atoms with E-state index in [0.717, 1.165) is 18.9 Å². The van der Waals surface area contributed by atoms with Gasteiger partial charge < -0.3 is 9.84 Å². The molecule has 0 unspecified atom stereocenters. The maximum absolute atomic E-state index is 13.5. The van der Waals surface area contributed by atoms with Crippen LogP contribution in [0.3, 0.4) is 0 Å². The summed E-state index contributed by atoms with van der Waals surface area (Å²) in [5, 5.41) is 7.91. The molecule has 0 aliphatic heterocycles. The van der Waals surface area contributed by atoms with Crippen LogP contribution in [0.25, 0.3) is 22.4 Å². The first-order valence-electron chi connectivity index (χ1n) is 8.04. The second-order valence-corrected chi connectivity index (χ2v) is 6.07. The molecule has 4 rings (SSSR count). The fraction of sp³-hybridized carbons (Fsp3) is 0.353. The van der Waals surface area contributed by atoms with Gasteiger partial charge in [-0.15, -0.1) is 0 Å². The minimum absolute atomic E-state index is 0.294. The summed E-state index contributed by atoms with van der Waals surface area (Å²) in [6.07, 6.45) is 7.14. The molecule has 1 fully saturated rings. The average Bonchev–Trinajstić information content (AvgIpc) is 3.00. The van der Waals surface area contributed by atoms with Crippen molar-refractivity contribution in [1.82, 2.24) is 15.1 Å². The summed E-state index contributed by atoms with van der Waals surface area (Å²) in [5.41, 5.74) is 0.929. The lowest BCUT2D eigenvalue weighted by Crippen LogP contribution is -2.23. The maximum atomic E-state index is 13.5. The van der Waals surface area contributed by atoms with E-state index >= 15 is 0 Å². The van der Waals surface area contributed by atoms with E-state index in [1.54, 1.807) is 0 Å². The number of halogens is 2. The van der Waals surface area contributed by atoms with Crippen molar-refractivity contribution >= 4 is 16.9 Å². The van der Waals surface area contributed by atoms with E-state index in [-0.39, 0.29) is 0 Å². The lowest BCUT2D eigenvalue weighted by molar-refractivity contribution is 0.451. The number of rotatable bonds is 3. The van der Waals surface area contributed by atoms with Gasteiger partial charge in [0, 0.05) is 17.7 Å². The van der Waals surface area contributed by atoms with Crippen LogP contribution in [0.1, 0.15) is 32.1 Å². The Morgan fingerprint density at radius 1 is 1.00 bits per heavy atom. The van der Waals surface area contributed by atoms with E-state index < -0.39 is 11.6 Å². The first-order chi connectivity index (χ1) is 11.7. The molecule has 1 aromatic carbocycles. The van der Waals surface area contributed by atoms with Crippen molar-refractivity contribution in [3.05, 3.63) is 36.2 Å². The highest BCUT2D eigenvalue weighted by molar-refractivity contribution is 5.97. The molecule has 0 atom stereocenters. The number of benzene rings is 1. The van der Waals surface area contributed by atoms with Gasteiger partial charge in [-0.3, -0.25) is 0 Å². The van der Waals surface area contributed by atoms with Gasteiger partial charge in [-0.2, -0.15) is 4.98 Å². The van der Waals surface area contributed by atoms with Gasteiger partial charge >= 0.3 is 0 Å². The van der Waals surface area contributed by atoms with Crippen molar-refractivity contribution in [2.75, 3.05) is 5.32 Å². The molecule has 3 aromatic rings. The number of anilines is 1. The summed E-state index contributed by atoms with van der Waals surface area (Å²) < 4.78 is 32.3. The van der Waals surface area contributed by atoms with Crippen LogP contribution in [0.2, 0.25) is 0 Å². The second kappa shape index (κ2) is 6.14. The summed E-state index contributed by atoms with van der Waals surface area (Å²) in [7, 11) is 0. The lowest BCUT2D eigenvalue weighted by Gasteiger charge is -2.23. The van der Waals surface area contributed by atoms with Crippen molar-refractivity contribution in [3.8, 4) is 11.3 Å². The monoisotopic (exact) mass is 330 g/mol. The Kier molecular flexibility index (Phi) is 3.84. The number of nitrogens with one attached hydrogen (secondary N) is 1. The summed E-state index contributed by atoms with van der Waals surface area (Å²) in [6, 6.07) is 3.59. The number of nitrogens with zero attached hydrogens (tertiary/aromatic N) is 3. The van der Waals surface area contributed by atoms with Crippen LogP contribution in [-0.4, -0.2) is 21.2 Å². The van der Waals surface area contributed by atoms with Gasteiger partial charge in [0.2, 0.25) is 0 Å². The van der Waals surface area contributed by atoms with Crippen LogP contribution >= 0.6 is 0 Å². The van der Waals surface area contributed by atoms with E-state index in [1.807, 2.05) is 0 Å². The van der Waals surface area contributed by atoms with E-state index in [4.69, 9.17) is 4.52 Å². The molecule has 24 heavy (non-hydrogen) atoms. The molecular weight excluding hydrogens is 314 g/mol. The van der Waals surface area contributed by atoms with Gasteiger partial charge in [0.25, 0.3) is 5.71 Å². The molecule has 1 aliphatic carbocycles. The average molecular weight is 330 g/mol. The van der Waals surface area contributed by atoms with Crippen LogP contribution in [0.15, 0.2) is 29.0 Å². The van der Waals surface area contributed by atoms with Gasteiger partial charge in [-0.05, 0) is 25.0 Å². The fourth-order valence-electron chi connectivity index (χ4n) is 3.22. The number of fused-ring (bicyclic) bond motifs is 1. The summed E-state index contributed by atoms with van der Waals surface area (Å²) in [4.78, 5) is 8.35. The Morgan fingerprint density at radius 2 is 1.75 bits per heavy atom. The standard InChI is InChI=1S/C17H16F2N4O/c18-11-6-10(7-12(19)8-11)15-14-16(20-9-21-17(14)24-23-15)22-13-4-2-1-3-5-13/h6-9,13H,1-5H2,(H,20,21,22). The van der Waals surface area contributed by atoms with E-state index in [1.165, 1.54) is 37.7 Å². The minimum atomic E-state index is -0.667. The number of hydrogen-bond donors (Lipinski definition) is 1. The molecule has 1 aliphatic rings. The molecule has 0 spiro atoms. The highest BCUT2D eigenvalue weighted by atomic mass is 19.1. The third-order valence-corrected chi connectivity index (χ3v) is 4.35. The van der Waals surface area contributed by atoms with Crippen molar-refractivity contribution in [1.29, 1.82) is 0 Å². The predicted molar refractivity (Wildman–Crippen MR) is 85.4 cm³/mol. The summed E-state index contributed by atoms with van der Waals surface area (Å²) in [6.45, 7) is 0. The Morgan fingerprint density at radius 3 is 2.50 bits per heavy atom. The molecule has 5 nitrogen and oxygen atoms in total. The molecular formula is C17H16F2N4O. The van der Waals surface area contributed by atoms with Crippen LogP contribution < -0.4 is 5.32 Å². The zero-order valence-electron chi connectivity index (χ0n) is 12.9. The van der Waals surface area contributed by atoms with Crippen LogP contribution in [-0.2, 0) is 0 Å². The molecule has 0 radical (unpaired) electrons.